The van der Waals surface area contributed by atoms with Gasteiger partial charge >= 0.3 is 0 Å². The van der Waals surface area contributed by atoms with Gasteiger partial charge in [0.2, 0.25) is 0 Å². The molecule has 1 aliphatic rings. The smallest absolute Gasteiger partial charge is 0.264 e. The topological polar surface area (TPSA) is 57.6 Å². The second kappa shape index (κ2) is 7.54. The maximum absolute atomic E-state index is 13.1. The molecule has 2 aromatic carbocycles. The zero-order valence-corrected chi connectivity index (χ0v) is 15.9. The van der Waals surface area contributed by atoms with E-state index in [2.05, 4.69) is 0 Å². The van der Waals surface area contributed by atoms with Crippen LogP contribution in [-0.4, -0.2) is 23.3 Å². The molecule has 2 heterocycles. The predicted octanol–water partition coefficient (Wildman–Crippen LogP) is 4.27. The summed E-state index contributed by atoms with van der Waals surface area (Å²) in [6, 6.07) is 20.4. The highest BCUT2D eigenvalue weighted by Gasteiger charge is 2.50. The summed E-state index contributed by atoms with van der Waals surface area (Å²) in [4.78, 5) is 27.8. The number of rotatable bonds is 6. The van der Waals surface area contributed by atoms with Crippen molar-refractivity contribution in [1.82, 2.24) is 0 Å². The van der Waals surface area contributed by atoms with Crippen LogP contribution in [0.2, 0.25) is 0 Å². The number of benzene rings is 2. The lowest BCUT2D eigenvalue weighted by Crippen LogP contribution is -2.41. The van der Waals surface area contributed by atoms with Gasteiger partial charge in [-0.15, -0.1) is 11.3 Å². The number of Topliss-reactive ketones (excluding diaryl/α,β-unsaturated/α-hetero) is 1. The Morgan fingerprint density at radius 2 is 1.79 bits per heavy atom. The molecule has 1 amide bonds. The number of amides is 1. The zero-order chi connectivity index (χ0) is 19.6. The van der Waals surface area contributed by atoms with Crippen LogP contribution < -0.4 is 4.90 Å². The second-order valence-electron chi connectivity index (χ2n) is 6.68. The number of fused-ring (bicyclic) bond motifs is 1. The van der Waals surface area contributed by atoms with Crippen LogP contribution in [-0.2, 0) is 10.4 Å². The minimum Gasteiger partial charge on any atom is -0.375 e. The minimum atomic E-state index is -1.84. The van der Waals surface area contributed by atoms with E-state index in [1.807, 2.05) is 53.9 Å². The van der Waals surface area contributed by atoms with E-state index in [9.17, 15) is 14.7 Å². The molecule has 28 heavy (non-hydrogen) atoms. The standard InChI is InChI=1S/C23H19NO3S/c25-20(21-13-7-15-28-21)16-23(27)18-11-4-5-12-19(18)24(22(23)26)14-6-10-17-8-2-1-3-9-17/h1-13,15,27H,14,16H2/b10-6+/t23-/m1/s1. The van der Waals surface area contributed by atoms with Crippen LogP contribution >= 0.6 is 11.3 Å². The van der Waals surface area contributed by atoms with E-state index in [0.29, 0.717) is 22.7 Å². The van der Waals surface area contributed by atoms with Gasteiger partial charge in [-0.2, -0.15) is 0 Å². The van der Waals surface area contributed by atoms with E-state index in [1.165, 1.54) is 16.2 Å². The van der Waals surface area contributed by atoms with Gasteiger partial charge < -0.3 is 10.0 Å². The summed E-state index contributed by atoms with van der Waals surface area (Å²) in [6.07, 6.45) is 3.56. The summed E-state index contributed by atoms with van der Waals surface area (Å²) < 4.78 is 0. The van der Waals surface area contributed by atoms with Crippen LogP contribution in [0.15, 0.2) is 78.2 Å². The molecule has 140 valence electrons. The molecule has 0 spiro atoms. The van der Waals surface area contributed by atoms with Gasteiger partial charge in [0.15, 0.2) is 11.4 Å². The Hall–Kier alpha value is -3.02. The summed E-state index contributed by atoms with van der Waals surface area (Å²) in [5.74, 6) is -0.696. The number of hydrogen-bond donors (Lipinski definition) is 1. The summed E-state index contributed by atoms with van der Waals surface area (Å²) in [5, 5.41) is 13.0. The van der Waals surface area contributed by atoms with Crippen LogP contribution in [0.4, 0.5) is 5.69 Å². The van der Waals surface area contributed by atoms with E-state index >= 15 is 0 Å². The molecule has 5 heteroatoms. The molecule has 1 N–H and O–H groups in total. The van der Waals surface area contributed by atoms with Crippen molar-refractivity contribution in [3.8, 4) is 0 Å². The SMILES string of the molecule is O=C(C[C@]1(O)C(=O)N(C/C=C/c2ccccc2)c2ccccc21)c1cccs1. The number of ketones is 1. The number of carbonyl (C=O) groups is 2. The Balaban J connectivity index is 1.60. The lowest BCUT2D eigenvalue weighted by molar-refractivity contribution is -0.135. The van der Waals surface area contributed by atoms with E-state index in [4.69, 9.17) is 0 Å². The summed E-state index contributed by atoms with van der Waals surface area (Å²) in [6.45, 7) is 0.320. The Labute approximate surface area is 167 Å². The number of anilines is 1. The first-order valence-electron chi connectivity index (χ1n) is 9.02. The molecule has 0 saturated heterocycles. The molecule has 0 unspecified atom stereocenters. The zero-order valence-electron chi connectivity index (χ0n) is 15.1. The van der Waals surface area contributed by atoms with Crippen LogP contribution in [0.5, 0.6) is 0 Å². The number of carbonyl (C=O) groups excluding carboxylic acids is 2. The highest BCUT2D eigenvalue weighted by atomic mass is 32.1. The number of para-hydroxylation sites is 1. The second-order valence-corrected chi connectivity index (χ2v) is 7.63. The fourth-order valence-corrected chi connectivity index (χ4v) is 4.14. The lowest BCUT2D eigenvalue weighted by Gasteiger charge is -2.21. The molecule has 1 aliphatic heterocycles. The number of hydrogen-bond acceptors (Lipinski definition) is 4. The van der Waals surface area contributed by atoms with Crippen LogP contribution in [0.25, 0.3) is 6.08 Å². The monoisotopic (exact) mass is 389 g/mol. The third-order valence-corrected chi connectivity index (χ3v) is 5.76. The van der Waals surface area contributed by atoms with E-state index < -0.39 is 11.5 Å². The number of thiophene rings is 1. The van der Waals surface area contributed by atoms with Gasteiger partial charge in [0.05, 0.1) is 17.0 Å². The van der Waals surface area contributed by atoms with Crippen LogP contribution in [0, 0.1) is 0 Å². The molecule has 0 saturated carbocycles. The maximum atomic E-state index is 13.1. The first kappa shape index (κ1) is 18.3. The Bertz CT molecular complexity index is 1030. The molecule has 1 aromatic heterocycles. The summed E-state index contributed by atoms with van der Waals surface area (Å²) in [7, 11) is 0. The average Bonchev–Trinajstić information content (AvgIpc) is 3.32. The molecule has 4 nitrogen and oxygen atoms in total. The van der Waals surface area contributed by atoms with Crippen molar-refractivity contribution in [2.75, 3.05) is 11.4 Å². The van der Waals surface area contributed by atoms with Gasteiger partial charge in [0, 0.05) is 12.1 Å². The van der Waals surface area contributed by atoms with Gasteiger partial charge in [-0.3, -0.25) is 9.59 Å². The Morgan fingerprint density at radius 1 is 1.04 bits per heavy atom. The predicted molar refractivity (Wildman–Crippen MR) is 111 cm³/mol. The fourth-order valence-electron chi connectivity index (χ4n) is 3.47. The first-order chi connectivity index (χ1) is 13.6. The highest BCUT2D eigenvalue weighted by molar-refractivity contribution is 7.12. The molecule has 3 aromatic rings. The van der Waals surface area contributed by atoms with Crippen LogP contribution in [0.3, 0.4) is 0 Å². The number of nitrogens with zero attached hydrogens (tertiary/aromatic N) is 1. The van der Waals surface area contributed by atoms with Crippen molar-refractivity contribution in [1.29, 1.82) is 0 Å². The molecule has 4 rings (SSSR count). The lowest BCUT2D eigenvalue weighted by atomic mass is 9.89. The third kappa shape index (κ3) is 3.30. The van der Waals surface area contributed by atoms with E-state index in [1.54, 1.807) is 30.3 Å². The van der Waals surface area contributed by atoms with Crippen LogP contribution in [0.1, 0.15) is 27.2 Å². The van der Waals surface area contributed by atoms with Gasteiger partial charge in [-0.25, -0.2) is 0 Å². The molecule has 0 bridgehead atoms. The molecule has 0 aliphatic carbocycles. The molecular formula is C23H19NO3S. The fraction of sp³-hybridized carbons (Fsp3) is 0.130. The third-order valence-electron chi connectivity index (χ3n) is 4.85. The van der Waals surface area contributed by atoms with Crippen molar-refractivity contribution in [3.63, 3.8) is 0 Å². The largest absolute Gasteiger partial charge is 0.375 e. The van der Waals surface area contributed by atoms with Gasteiger partial charge in [-0.1, -0.05) is 66.7 Å². The molecule has 1 atom stereocenters. The quantitative estimate of drug-likeness (QED) is 0.641. The molecular weight excluding hydrogens is 370 g/mol. The van der Waals surface area contributed by atoms with Crippen molar-refractivity contribution in [2.24, 2.45) is 0 Å². The maximum Gasteiger partial charge on any atom is 0.264 e. The average molecular weight is 389 g/mol. The van der Waals surface area contributed by atoms with E-state index in [-0.39, 0.29) is 12.2 Å². The van der Waals surface area contributed by atoms with Gasteiger partial charge in [0.1, 0.15) is 0 Å². The summed E-state index contributed by atoms with van der Waals surface area (Å²) >= 11 is 1.31. The minimum absolute atomic E-state index is 0.234. The van der Waals surface area contributed by atoms with Crippen molar-refractivity contribution in [3.05, 3.63) is 94.2 Å². The normalized spacial score (nSPS) is 18.6. The Morgan fingerprint density at radius 3 is 2.54 bits per heavy atom. The van der Waals surface area contributed by atoms with Gasteiger partial charge in [-0.05, 0) is 23.1 Å². The summed E-state index contributed by atoms with van der Waals surface area (Å²) in [5.41, 5.74) is 0.327. The first-order valence-corrected chi connectivity index (χ1v) is 9.90. The molecule has 0 radical (unpaired) electrons. The molecule has 0 fully saturated rings. The Kier molecular flexibility index (Phi) is 4.94. The van der Waals surface area contributed by atoms with E-state index in [0.717, 1.165) is 5.56 Å². The van der Waals surface area contributed by atoms with Gasteiger partial charge in [0.25, 0.3) is 5.91 Å². The van der Waals surface area contributed by atoms with Crippen molar-refractivity contribution < 1.29 is 14.7 Å². The highest BCUT2D eigenvalue weighted by Crippen LogP contribution is 2.42. The van der Waals surface area contributed by atoms with Crippen molar-refractivity contribution in [2.45, 2.75) is 12.0 Å². The number of aliphatic hydroxyl groups is 1. The van der Waals surface area contributed by atoms with Crippen molar-refractivity contribution >= 4 is 34.8 Å².